The van der Waals surface area contributed by atoms with Crippen LogP contribution in [0.1, 0.15) is 50.7 Å². The molecule has 3 fully saturated rings. The van der Waals surface area contributed by atoms with Gasteiger partial charge in [0.05, 0.1) is 22.8 Å². The number of piperazine rings is 1. The molecule has 3 aromatic rings. The fourth-order valence-electron chi connectivity index (χ4n) is 7.68. The van der Waals surface area contributed by atoms with E-state index in [9.17, 15) is 22.0 Å². The highest BCUT2D eigenvalue weighted by molar-refractivity contribution is 5.97. The topological polar surface area (TPSA) is 102 Å². The lowest BCUT2D eigenvalue weighted by atomic mass is 9.95. The van der Waals surface area contributed by atoms with Gasteiger partial charge in [0.15, 0.2) is 5.82 Å². The van der Waals surface area contributed by atoms with Crippen LogP contribution in [0, 0.1) is 18.6 Å². The molecule has 3 saturated heterocycles. The average Bonchev–Trinajstić information content (AvgIpc) is 3.50. The summed E-state index contributed by atoms with van der Waals surface area (Å²) in [5, 5.41) is 3.56. The molecule has 5 atom stereocenters. The van der Waals surface area contributed by atoms with Gasteiger partial charge in [-0.15, -0.1) is 0 Å². The minimum absolute atomic E-state index is 0.0617. The first kappa shape index (κ1) is 31.0. The van der Waals surface area contributed by atoms with E-state index in [2.05, 4.69) is 20.2 Å². The summed E-state index contributed by atoms with van der Waals surface area (Å²) in [5.41, 5.74) is 0.583. The summed E-state index contributed by atoms with van der Waals surface area (Å²) >= 11 is 0. The molecule has 3 N–H and O–H groups in total. The molecule has 46 heavy (non-hydrogen) atoms. The normalized spacial score (nSPS) is 27.8. The molecular weight excluding hydrogens is 616 g/mol. The van der Waals surface area contributed by atoms with E-state index in [1.54, 1.807) is 6.92 Å². The van der Waals surface area contributed by atoms with Gasteiger partial charge >= 0.3 is 12.2 Å². The van der Waals surface area contributed by atoms with Crippen molar-refractivity contribution in [3.63, 3.8) is 0 Å². The van der Waals surface area contributed by atoms with Gasteiger partial charge in [-0.2, -0.15) is 23.1 Å². The Morgan fingerprint density at radius 1 is 1.17 bits per heavy atom. The van der Waals surface area contributed by atoms with E-state index in [0.717, 1.165) is 38.8 Å². The van der Waals surface area contributed by atoms with E-state index >= 15 is 4.39 Å². The number of benzene rings is 1. The van der Waals surface area contributed by atoms with Crippen LogP contribution in [0.15, 0.2) is 6.07 Å². The van der Waals surface area contributed by atoms with Gasteiger partial charge in [0.2, 0.25) is 5.88 Å². The van der Waals surface area contributed by atoms with Crippen molar-refractivity contribution in [2.75, 3.05) is 43.4 Å². The molecule has 4 aliphatic heterocycles. The summed E-state index contributed by atoms with van der Waals surface area (Å²) in [5.74, 6) is -2.32. The number of nitrogens with two attached hydrogens (primary N) is 1. The maximum absolute atomic E-state index is 16.7. The third-order valence-corrected chi connectivity index (χ3v) is 10.0. The molecular formula is C31H35F6N7O2. The first-order valence-corrected chi connectivity index (χ1v) is 15.6. The van der Waals surface area contributed by atoms with E-state index in [-0.39, 0.29) is 53.7 Å². The summed E-state index contributed by atoms with van der Waals surface area (Å²) < 4.78 is 101. The second-order valence-corrected chi connectivity index (χ2v) is 12.9. The number of alkyl halides is 4. The number of hydrogen-bond donors (Lipinski definition) is 2. The second-order valence-electron chi connectivity index (χ2n) is 12.9. The lowest BCUT2D eigenvalue weighted by Gasteiger charge is -2.42. The van der Waals surface area contributed by atoms with Crippen LogP contribution in [0.25, 0.3) is 22.2 Å². The molecule has 0 unspecified atom stereocenters. The average molecular weight is 652 g/mol. The summed E-state index contributed by atoms with van der Waals surface area (Å²) in [6.45, 7) is 6.83. The first-order valence-electron chi connectivity index (χ1n) is 15.6. The smallest absolute Gasteiger partial charge is 0.417 e. The Kier molecular flexibility index (Phi) is 7.42. The highest BCUT2D eigenvalue weighted by Gasteiger charge is 2.50. The van der Waals surface area contributed by atoms with Crippen LogP contribution >= 0.6 is 0 Å². The van der Waals surface area contributed by atoms with E-state index < -0.39 is 63.7 Å². The number of halogens is 6. The van der Waals surface area contributed by atoms with Crippen LogP contribution in [0.3, 0.4) is 0 Å². The lowest BCUT2D eigenvalue weighted by molar-refractivity contribution is -0.137. The van der Waals surface area contributed by atoms with Gasteiger partial charge < -0.3 is 25.4 Å². The predicted octanol–water partition coefficient (Wildman–Crippen LogP) is 5.17. The third-order valence-electron chi connectivity index (χ3n) is 10.0. The molecule has 4 aliphatic rings. The molecule has 15 heteroatoms. The first-order chi connectivity index (χ1) is 21.8. The number of pyridine rings is 1. The SMILES string of the molecule is CC[C@@H]1CN2c3nc(OC[C@@]45CCCN4C[C@H](F)C5)nc4c(F)c(-c5cc(N)c(F)c(C)c5C(F)(F)F)nc(c34)O[C@@H](C)[C@@H]2CN1. The number of aromatic nitrogens is 3. The van der Waals surface area contributed by atoms with Gasteiger partial charge in [0.1, 0.15) is 47.1 Å². The monoisotopic (exact) mass is 651 g/mol. The lowest BCUT2D eigenvalue weighted by Crippen LogP contribution is -2.60. The van der Waals surface area contributed by atoms with E-state index in [1.165, 1.54) is 0 Å². The van der Waals surface area contributed by atoms with Gasteiger partial charge in [-0.1, -0.05) is 6.92 Å². The zero-order valence-corrected chi connectivity index (χ0v) is 25.6. The van der Waals surface area contributed by atoms with Crippen molar-refractivity contribution in [2.45, 2.75) is 82.5 Å². The van der Waals surface area contributed by atoms with Crippen molar-refractivity contribution in [1.82, 2.24) is 25.2 Å². The highest BCUT2D eigenvalue weighted by atomic mass is 19.4. The second kappa shape index (κ2) is 11.0. The van der Waals surface area contributed by atoms with Gasteiger partial charge in [-0.25, -0.2) is 18.2 Å². The number of rotatable bonds is 5. The number of fused-ring (bicyclic) bond motifs is 3. The minimum atomic E-state index is -5.06. The summed E-state index contributed by atoms with van der Waals surface area (Å²) in [6, 6.07) is 0.311. The largest absolute Gasteiger partial charge is 0.472 e. The number of anilines is 2. The zero-order valence-electron chi connectivity index (χ0n) is 25.6. The van der Waals surface area contributed by atoms with Crippen molar-refractivity contribution in [3.05, 3.63) is 28.8 Å². The van der Waals surface area contributed by atoms with Gasteiger partial charge in [-0.3, -0.25) is 4.90 Å². The van der Waals surface area contributed by atoms with Gasteiger partial charge in [0.25, 0.3) is 0 Å². The Hall–Kier alpha value is -3.59. The summed E-state index contributed by atoms with van der Waals surface area (Å²) in [6.07, 6.45) is -3.93. The van der Waals surface area contributed by atoms with Crippen LogP contribution in [0.4, 0.5) is 37.8 Å². The number of ether oxygens (including phenoxy) is 2. The highest BCUT2D eigenvalue weighted by Crippen LogP contribution is 2.47. The number of hydrogen-bond acceptors (Lipinski definition) is 9. The molecule has 9 nitrogen and oxygen atoms in total. The van der Waals surface area contributed by atoms with Crippen molar-refractivity contribution in [3.8, 4) is 23.1 Å². The van der Waals surface area contributed by atoms with Crippen LogP contribution < -0.4 is 25.4 Å². The Morgan fingerprint density at radius 2 is 1.96 bits per heavy atom. The van der Waals surface area contributed by atoms with Crippen LogP contribution in [-0.4, -0.2) is 82.5 Å². The molecule has 0 saturated carbocycles. The van der Waals surface area contributed by atoms with E-state index in [1.807, 2.05) is 11.8 Å². The zero-order chi connectivity index (χ0) is 32.7. The molecule has 0 spiro atoms. The number of nitrogen functional groups attached to an aromatic ring is 1. The maximum atomic E-state index is 16.7. The number of nitrogens with one attached hydrogen (secondary N) is 1. The number of nitrogens with zero attached hydrogens (tertiary/aromatic N) is 5. The Balaban J connectivity index is 1.44. The maximum Gasteiger partial charge on any atom is 0.417 e. The van der Waals surface area contributed by atoms with Crippen molar-refractivity contribution >= 4 is 22.4 Å². The summed E-state index contributed by atoms with van der Waals surface area (Å²) in [7, 11) is 0. The quantitative estimate of drug-likeness (QED) is 0.286. The van der Waals surface area contributed by atoms with Crippen molar-refractivity contribution in [2.24, 2.45) is 0 Å². The van der Waals surface area contributed by atoms with Gasteiger partial charge in [0, 0.05) is 37.7 Å². The minimum Gasteiger partial charge on any atom is -0.472 e. The van der Waals surface area contributed by atoms with Gasteiger partial charge in [-0.05, 0) is 51.3 Å². The van der Waals surface area contributed by atoms with Crippen molar-refractivity contribution < 1.29 is 35.8 Å². The van der Waals surface area contributed by atoms with Crippen LogP contribution in [0.2, 0.25) is 0 Å². The Labute approximate surface area is 261 Å². The molecule has 2 aromatic heterocycles. The van der Waals surface area contributed by atoms with E-state index in [4.69, 9.17) is 20.2 Å². The molecule has 0 aliphatic carbocycles. The molecule has 248 valence electrons. The molecule has 0 radical (unpaired) electrons. The molecule has 6 heterocycles. The van der Waals surface area contributed by atoms with Crippen LogP contribution in [0.5, 0.6) is 11.9 Å². The van der Waals surface area contributed by atoms with E-state index in [0.29, 0.717) is 19.6 Å². The standard InChI is InChI=1S/C31H35F6N7O2/c1-4-17-12-44-20(10-39-17)15(3)46-28-21-26(24(34)25(40-28)18-8-19(38)23(33)14(2)22(18)31(35,36)37)41-29(42-27(21)44)45-13-30-6-5-7-43(30)11-16(32)9-30/h8,15-17,20,39H,4-7,9-13,38H2,1-3H3/t15-,16+,17+,20-,30-/m0/s1. The molecule has 0 bridgehead atoms. The Bertz CT molecular complexity index is 1710. The molecule has 7 rings (SSSR count). The molecule has 1 aromatic carbocycles. The predicted molar refractivity (Wildman–Crippen MR) is 159 cm³/mol. The summed E-state index contributed by atoms with van der Waals surface area (Å²) in [4.78, 5) is 17.4. The van der Waals surface area contributed by atoms with Crippen LogP contribution in [-0.2, 0) is 6.18 Å². The fourth-order valence-corrected chi connectivity index (χ4v) is 7.68. The Morgan fingerprint density at radius 3 is 2.70 bits per heavy atom. The van der Waals surface area contributed by atoms with Crippen molar-refractivity contribution in [1.29, 1.82) is 0 Å². The third kappa shape index (κ3) is 4.88. The molecule has 0 amide bonds. The fraction of sp³-hybridized carbons (Fsp3) is 0.581.